The highest BCUT2D eigenvalue weighted by Crippen LogP contribution is 2.47. The van der Waals surface area contributed by atoms with E-state index in [4.69, 9.17) is 4.52 Å². The third-order valence-corrected chi connectivity index (χ3v) is 5.50. The molecule has 0 bridgehead atoms. The van der Waals surface area contributed by atoms with E-state index in [9.17, 15) is 4.57 Å². The zero-order valence-electron chi connectivity index (χ0n) is 10.6. The van der Waals surface area contributed by atoms with Gasteiger partial charge in [0.25, 0.3) is 0 Å². The first-order chi connectivity index (χ1) is 8.65. The molecule has 1 heterocycles. The minimum absolute atomic E-state index is 0.301. The molecule has 1 saturated heterocycles. The van der Waals surface area contributed by atoms with E-state index in [0.29, 0.717) is 17.8 Å². The van der Waals surface area contributed by atoms with Crippen molar-refractivity contribution in [1.29, 1.82) is 0 Å². The number of hydrogen-bond donors (Lipinski definition) is 2. The SMILES string of the molecule is Cc1ccc(OP2(=O)NC3CCCCC3N2)cc1. The molecule has 0 aromatic heterocycles. The molecule has 0 spiro atoms. The standard InChI is InChI=1S/C13H19N2O2P/c1-10-6-8-11(9-7-10)17-18(16)14-12-4-2-3-5-13(12)15-18/h6-9,12-13H,2-5H2,1H3,(H2,14,15,16). The summed E-state index contributed by atoms with van der Waals surface area (Å²) in [6.45, 7) is 2.02. The van der Waals surface area contributed by atoms with Crippen molar-refractivity contribution in [1.82, 2.24) is 10.2 Å². The van der Waals surface area contributed by atoms with Crippen LogP contribution in [0, 0.1) is 6.92 Å². The number of benzene rings is 1. The molecule has 1 aromatic carbocycles. The van der Waals surface area contributed by atoms with Gasteiger partial charge in [0.2, 0.25) is 0 Å². The Hall–Kier alpha value is -0.830. The van der Waals surface area contributed by atoms with Gasteiger partial charge in [-0.3, -0.25) is 0 Å². The summed E-state index contributed by atoms with van der Waals surface area (Å²) in [5.41, 5.74) is 1.17. The lowest BCUT2D eigenvalue weighted by atomic mass is 9.92. The maximum Gasteiger partial charge on any atom is 0.391 e. The number of hydrogen-bond acceptors (Lipinski definition) is 2. The van der Waals surface area contributed by atoms with Crippen LogP contribution in [0.15, 0.2) is 24.3 Å². The fourth-order valence-corrected chi connectivity index (χ4v) is 4.80. The van der Waals surface area contributed by atoms with E-state index in [0.717, 1.165) is 12.8 Å². The fourth-order valence-electron chi connectivity index (χ4n) is 2.71. The van der Waals surface area contributed by atoms with Gasteiger partial charge in [0, 0.05) is 12.1 Å². The van der Waals surface area contributed by atoms with Gasteiger partial charge in [-0.25, -0.2) is 14.7 Å². The molecule has 2 atom stereocenters. The molecule has 1 aliphatic heterocycles. The van der Waals surface area contributed by atoms with Gasteiger partial charge < -0.3 is 4.52 Å². The third kappa shape index (κ3) is 2.46. The molecule has 0 radical (unpaired) electrons. The van der Waals surface area contributed by atoms with Gasteiger partial charge in [0.05, 0.1) is 0 Å². The summed E-state index contributed by atoms with van der Waals surface area (Å²) in [4.78, 5) is 0. The Morgan fingerprint density at radius 1 is 1.11 bits per heavy atom. The van der Waals surface area contributed by atoms with E-state index >= 15 is 0 Å². The molecule has 2 fully saturated rings. The number of fused-ring (bicyclic) bond motifs is 1. The van der Waals surface area contributed by atoms with Gasteiger partial charge in [0.1, 0.15) is 5.75 Å². The molecule has 18 heavy (non-hydrogen) atoms. The van der Waals surface area contributed by atoms with E-state index in [2.05, 4.69) is 10.2 Å². The van der Waals surface area contributed by atoms with E-state index in [1.54, 1.807) is 0 Å². The van der Waals surface area contributed by atoms with Crippen LogP contribution in [0.5, 0.6) is 5.75 Å². The second-order valence-corrected chi connectivity index (χ2v) is 7.01. The topological polar surface area (TPSA) is 50.4 Å². The summed E-state index contributed by atoms with van der Waals surface area (Å²) < 4.78 is 18.2. The molecule has 1 saturated carbocycles. The zero-order chi connectivity index (χ0) is 12.6. The van der Waals surface area contributed by atoms with Crippen LogP contribution in [0.25, 0.3) is 0 Å². The molecule has 5 heteroatoms. The number of nitrogens with one attached hydrogen (secondary N) is 2. The van der Waals surface area contributed by atoms with E-state index in [1.807, 2.05) is 31.2 Å². The zero-order valence-corrected chi connectivity index (χ0v) is 11.5. The van der Waals surface area contributed by atoms with Crippen molar-refractivity contribution in [2.24, 2.45) is 0 Å². The molecular formula is C13H19N2O2P. The maximum atomic E-state index is 12.6. The summed E-state index contributed by atoms with van der Waals surface area (Å²) in [5.74, 6) is 0.655. The lowest BCUT2D eigenvalue weighted by Crippen LogP contribution is -2.36. The normalized spacial score (nSPS) is 35.2. The monoisotopic (exact) mass is 266 g/mol. The highest BCUT2D eigenvalue weighted by atomic mass is 31.2. The second-order valence-electron chi connectivity index (χ2n) is 5.21. The summed E-state index contributed by atoms with van der Waals surface area (Å²) in [6, 6.07) is 8.25. The molecular weight excluding hydrogens is 247 g/mol. The summed E-state index contributed by atoms with van der Waals surface area (Å²) in [5, 5.41) is 6.31. The average molecular weight is 266 g/mol. The molecule has 1 aromatic rings. The van der Waals surface area contributed by atoms with Crippen molar-refractivity contribution in [2.45, 2.75) is 44.7 Å². The largest absolute Gasteiger partial charge is 0.422 e. The predicted octanol–water partition coefficient (Wildman–Crippen LogP) is 2.99. The molecule has 2 N–H and O–H groups in total. The lowest BCUT2D eigenvalue weighted by molar-refractivity contribution is 0.374. The van der Waals surface area contributed by atoms with Crippen LogP contribution in [0.2, 0.25) is 0 Å². The smallest absolute Gasteiger partial charge is 0.391 e. The van der Waals surface area contributed by atoms with Gasteiger partial charge in [-0.05, 0) is 31.9 Å². The maximum absolute atomic E-state index is 12.6. The van der Waals surface area contributed by atoms with Crippen molar-refractivity contribution < 1.29 is 9.09 Å². The third-order valence-electron chi connectivity index (χ3n) is 3.69. The van der Waals surface area contributed by atoms with Crippen LogP contribution < -0.4 is 14.7 Å². The molecule has 2 unspecified atom stereocenters. The highest BCUT2D eigenvalue weighted by molar-refractivity contribution is 7.55. The van der Waals surface area contributed by atoms with Crippen LogP contribution in [0.1, 0.15) is 31.2 Å². The Morgan fingerprint density at radius 2 is 1.67 bits per heavy atom. The first-order valence-corrected chi connectivity index (χ1v) is 8.19. The van der Waals surface area contributed by atoms with E-state index < -0.39 is 7.67 Å². The van der Waals surface area contributed by atoms with Crippen molar-refractivity contribution in [3.05, 3.63) is 29.8 Å². The first-order valence-electron chi connectivity index (χ1n) is 6.57. The van der Waals surface area contributed by atoms with Crippen molar-refractivity contribution in [2.75, 3.05) is 0 Å². The van der Waals surface area contributed by atoms with Crippen LogP contribution in [-0.2, 0) is 4.57 Å². The highest BCUT2D eigenvalue weighted by Gasteiger charge is 2.43. The first kappa shape index (κ1) is 12.2. The van der Waals surface area contributed by atoms with E-state index in [-0.39, 0.29) is 0 Å². The predicted molar refractivity (Wildman–Crippen MR) is 71.7 cm³/mol. The molecule has 98 valence electrons. The molecule has 0 amide bonds. The van der Waals surface area contributed by atoms with Gasteiger partial charge in [-0.2, -0.15) is 0 Å². The van der Waals surface area contributed by atoms with Crippen LogP contribution in [0.4, 0.5) is 0 Å². The summed E-state index contributed by atoms with van der Waals surface area (Å²) in [6.07, 6.45) is 4.58. The van der Waals surface area contributed by atoms with Gasteiger partial charge in [-0.1, -0.05) is 30.5 Å². The van der Waals surface area contributed by atoms with E-state index in [1.165, 1.54) is 18.4 Å². The summed E-state index contributed by atoms with van der Waals surface area (Å²) in [7, 11) is -2.91. The average Bonchev–Trinajstić information content (AvgIpc) is 2.68. The second kappa shape index (κ2) is 4.69. The molecule has 4 nitrogen and oxygen atoms in total. The lowest BCUT2D eigenvalue weighted by Gasteiger charge is -2.22. The van der Waals surface area contributed by atoms with Gasteiger partial charge in [0.15, 0.2) is 0 Å². The van der Waals surface area contributed by atoms with Crippen molar-refractivity contribution in [3.63, 3.8) is 0 Å². The molecule has 3 rings (SSSR count). The number of rotatable bonds is 2. The fraction of sp³-hybridized carbons (Fsp3) is 0.538. The van der Waals surface area contributed by atoms with Gasteiger partial charge in [-0.15, -0.1) is 0 Å². The molecule has 1 aliphatic carbocycles. The Kier molecular flexibility index (Phi) is 3.18. The Balaban J connectivity index is 1.72. The van der Waals surface area contributed by atoms with Crippen molar-refractivity contribution in [3.8, 4) is 5.75 Å². The minimum atomic E-state index is -2.91. The quantitative estimate of drug-likeness (QED) is 0.808. The van der Waals surface area contributed by atoms with Crippen LogP contribution >= 0.6 is 7.67 Å². The Bertz CT molecular complexity index is 456. The minimum Gasteiger partial charge on any atom is -0.422 e. The Labute approximate surface area is 108 Å². The van der Waals surface area contributed by atoms with Crippen LogP contribution in [-0.4, -0.2) is 12.1 Å². The van der Waals surface area contributed by atoms with Gasteiger partial charge >= 0.3 is 7.67 Å². The molecule has 2 aliphatic rings. The van der Waals surface area contributed by atoms with Crippen molar-refractivity contribution >= 4 is 7.67 Å². The number of aryl methyl sites for hydroxylation is 1. The van der Waals surface area contributed by atoms with Crippen LogP contribution in [0.3, 0.4) is 0 Å². The summed E-state index contributed by atoms with van der Waals surface area (Å²) >= 11 is 0. The Morgan fingerprint density at radius 3 is 2.22 bits per heavy atom.